The van der Waals surface area contributed by atoms with Crippen LogP contribution < -0.4 is 5.32 Å². The third-order valence-electron chi connectivity index (χ3n) is 4.71. The van der Waals surface area contributed by atoms with E-state index in [4.69, 9.17) is 0 Å². The molecule has 2 aliphatic heterocycles. The largest absolute Gasteiger partial charge is 0.364 e. The number of rotatable bonds is 2. The number of fused-ring (bicyclic) bond motifs is 2. The van der Waals surface area contributed by atoms with Crippen LogP contribution in [0.4, 0.5) is 5.82 Å². The van der Waals surface area contributed by atoms with Crippen molar-refractivity contribution >= 4 is 27.4 Å². The molecular weight excluding hydrogens is 268 g/mol. The molecule has 0 saturated carbocycles. The Hall–Kier alpha value is -1.20. The normalized spacial score (nSPS) is 26.9. The number of aryl methyl sites for hydroxylation is 1. The van der Waals surface area contributed by atoms with Gasteiger partial charge in [0.2, 0.25) is 0 Å². The van der Waals surface area contributed by atoms with Crippen LogP contribution in [0.25, 0.3) is 10.2 Å². The molecule has 4 rings (SSSR count). The lowest BCUT2D eigenvalue weighted by molar-refractivity contribution is 0.192. The van der Waals surface area contributed by atoms with Gasteiger partial charge in [0, 0.05) is 18.6 Å². The highest BCUT2D eigenvalue weighted by atomic mass is 32.1. The van der Waals surface area contributed by atoms with Gasteiger partial charge in [-0.3, -0.25) is 4.90 Å². The number of piperidine rings is 1. The Morgan fingerprint density at radius 3 is 3.15 bits per heavy atom. The molecule has 2 aromatic heterocycles. The predicted octanol–water partition coefficient (Wildman–Crippen LogP) is 3.04. The number of nitrogens with zero attached hydrogens (tertiary/aromatic N) is 3. The fourth-order valence-corrected chi connectivity index (χ4v) is 4.62. The molecule has 0 aromatic carbocycles. The number of nitrogens with one attached hydrogen (secondary N) is 1. The third-order valence-corrected chi connectivity index (χ3v) is 5.80. The molecule has 2 fully saturated rings. The second-order valence-electron chi connectivity index (χ2n) is 5.96. The first-order valence-corrected chi connectivity index (χ1v) is 8.40. The SMILES string of the molecule is Cc1csc2c(N[C@@H]3CCN4CCCC[C@H]34)ncnc12. The van der Waals surface area contributed by atoms with E-state index < -0.39 is 0 Å². The quantitative estimate of drug-likeness (QED) is 0.922. The molecule has 2 atom stereocenters. The fourth-order valence-electron chi connectivity index (χ4n) is 3.66. The predicted molar refractivity (Wildman–Crippen MR) is 83.4 cm³/mol. The summed E-state index contributed by atoms with van der Waals surface area (Å²) in [5, 5.41) is 5.89. The van der Waals surface area contributed by atoms with E-state index in [2.05, 4.69) is 32.5 Å². The van der Waals surface area contributed by atoms with Gasteiger partial charge in [-0.1, -0.05) is 6.42 Å². The standard InChI is InChI=1S/C15H20N4S/c1-10-8-20-14-13(10)16-9-17-15(14)18-11-5-7-19-6-3-2-4-12(11)19/h8-9,11-12H,2-7H2,1H3,(H,16,17,18)/t11-,12-/m1/s1. The molecule has 0 radical (unpaired) electrons. The van der Waals surface area contributed by atoms with Gasteiger partial charge in [-0.25, -0.2) is 9.97 Å². The van der Waals surface area contributed by atoms with Crippen molar-refractivity contribution < 1.29 is 0 Å². The van der Waals surface area contributed by atoms with Crippen molar-refractivity contribution in [2.75, 3.05) is 18.4 Å². The highest BCUT2D eigenvalue weighted by molar-refractivity contribution is 7.18. The fraction of sp³-hybridized carbons (Fsp3) is 0.600. The zero-order chi connectivity index (χ0) is 13.5. The minimum absolute atomic E-state index is 0.552. The Morgan fingerprint density at radius 1 is 1.25 bits per heavy atom. The lowest BCUT2D eigenvalue weighted by Crippen LogP contribution is -2.41. The highest BCUT2D eigenvalue weighted by Crippen LogP contribution is 2.33. The number of hydrogen-bond donors (Lipinski definition) is 1. The van der Waals surface area contributed by atoms with E-state index >= 15 is 0 Å². The molecule has 0 spiro atoms. The topological polar surface area (TPSA) is 41.0 Å². The number of anilines is 1. The monoisotopic (exact) mass is 288 g/mol. The average Bonchev–Trinajstić information content (AvgIpc) is 3.05. The van der Waals surface area contributed by atoms with Crippen molar-refractivity contribution in [2.45, 2.75) is 44.7 Å². The minimum atomic E-state index is 0.552. The van der Waals surface area contributed by atoms with Crippen LogP contribution in [0.15, 0.2) is 11.7 Å². The zero-order valence-corrected chi connectivity index (χ0v) is 12.6. The highest BCUT2D eigenvalue weighted by Gasteiger charge is 2.35. The van der Waals surface area contributed by atoms with Crippen LogP contribution in [0.2, 0.25) is 0 Å². The van der Waals surface area contributed by atoms with E-state index in [1.54, 1.807) is 17.7 Å². The second kappa shape index (κ2) is 4.97. The van der Waals surface area contributed by atoms with E-state index in [1.165, 1.54) is 49.0 Å². The van der Waals surface area contributed by atoms with Gasteiger partial charge in [-0.05, 0) is 43.7 Å². The van der Waals surface area contributed by atoms with Crippen molar-refractivity contribution in [1.82, 2.24) is 14.9 Å². The van der Waals surface area contributed by atoms with Gasteiger partial charge in [0.05, 0.1) is 10.2 Å². The molecule has 2 aliphatic rings. The molecule has 4 nitrogen and oxygen atoms in total. The van der Waals surface area contributed by atoms with Crippen molar-refractivity contribution in [3.8, 4) is 0 Å². The summed E-state index contributed by atoms with van der Waals surface area (Å²) in [6.45, 7) is 4.63. The van der Waals surface area contributed by atoms with Crippen LogP contribution in [-0.4, -0.2) is 40.0 Å². The van der Waals surface area contributed by atoms with E-state index in [0.717, 1.165) is 11.3 Å². The van der Waals surface area contributed by atoms with Crippen LogP contribution in [0.5, 0.6) is 0 Å². The molecule has 0 bridgehead atoms. The first kappa shape index (κ1) is 12.5. The van der Waals surface area contributed by atoms with Gasteiger partial charge < -0.3 is 5.32 Å². The zero-order valence-electron chi connectivity index (χ0n) is 11.8. The molecular formula is C15H20N4S. The van der Waals surface area contributed by atoms with Gasteiger partial charge >= 0.3 is 0 Å². The van der Waals surface area contributed by atoms with Crippen molar-refractivity contribution in [1.29, 1.82) is 0 Å². The third kappa shape index (κ3) is 2.00. The Kier molecular flexibility index (Phi) is 3.11. The molecule has 1 N–H and O–H groups in total. The number of aromatic nitrogens is 2. The van der Waals surface area contributed by atoms with Gasteiger partial charge in [0.1, 0.15) is 12.1 Å². The molecule has 4 heterocycles. The smallest absolute Gasteiger partial charge is 0.147 e. The summed E-state index contributed by atoms with van der Waals surface area (Å²) in [6, 6.07) is 1.26. The molecule has 0 unspecified atom stereocenters. The van der Waals surface area contributed by atoms with Crippen LogP contribution in [-0.2, 0) is 0 Å². The Morgan fingerprint density at radius 2 is 2.20 bits per heavy atom. The summed E-state index contributed by atoms with van der Waals surface area (Å²) in [7, 11) is 0. The molecule has 0 amide bonds. The van der Waals surface area contributed by atoms with Gasteiger partial charge in [0.15, 0.2) is 0 Å². The lowest BCUT2D eigenvalue weighted by atomic mass is 9.99. The van der Waals surface area contributed by atoms with Gasteiger partial charge in [-0.15, -0.1) is 11.3 Å². The molecule has 20 heavy (non-hydrogen) atoms. The van der Waals surface area contributed by atoms with Crippen molar-refractivity contribution in [2.24, 2.45) is 0 Å². The summed E-state index contributed by atoms with van der Waals surface area (Å²) in [5.41, 5.74) is 2.35. The molecule has 106 valence electrons. The Balaban J connectivity index is 1.61. The van der Waals surface area contributed by atoms with Crippen molar-refractivity contribution in [3.05, 3.63) is 17.3 Å². The molecule has 2 aromatic rings. The summed E-state index contributed by atoms with van der Waals surface area (Å²) < 4.78 is 1.21. The Labute approximate surface area is 123 Å². The summed E-state index contributed by atoms with van der Waals surface area (Å²) in [4.78, 5) is 11.5. The minimum Gasteiger partial charge on any atom is -0.364 e. The van der Waals surface area contributed by atoms with E-state index in [0.29, 0.717) is 12.1 Å². The molecule has 2 saturated heterocycles. The average molecular weight is 288 g/mol. The van der Waals surface area contributed by atoms with Crippen LogP contribution >= 0.6 is 11.3 Å². The number of thiophene rings is 1. The van der Waals surface area contributed by atoms with Crippen LogP contribution in [0, 0.1) is 6.92 Å². The lowest BCUT2D eigenvalue weighted by Gasteiger charge is -2.32. The maximum absolute atomic E-state index is 4.49. The van der Waals surface area contributed by atoms with Crippen molar-refractivity contribution in [3.63, 3.8) is 0 Å². The maximum Gasteiger partial charge on any atom is 0.147 e. The van der Waals surface area contributed by atoms with E-state index in [9.17, 15) is 0 Å². The van der Waals surface area contributed by atoms with Crippen LogP contribution in [0.1, 0.15) is 31.2 Å². The maximum atomic E-state index is 4.49. The number of hydrogen-bond acceptors (Lipinski definition) is 5. The summed E-state index contributed by atoms with van der Waals surface area (Å²) >= 11 is 1.75. The molecule has 0 aliphatic carbocycles. The van der Waals surface area contributed by atoms with E-state index in [-0.39, 0.29) is 0 Å². The summed E-state index contributed by atoms with van der Waals surface area (Å²) in [5.74, 6) is 1.03. The summed E-state index contributed by atoms with van der Waals surface area (Å²) in [6.07, 6.45) is 7.00. The Bertz CT molecular complexity index is 623. The van der Waals surface area contributed by atoms with Crippen LogP contribution in [0.3, 0.4) is 0 Å². The second-order valence-corrected chi connectivity index (χ2v) is 6.84. The van der Waals surface area contributed by atoms with E-state index in [1.807, 2.05) is 0 Å². The first-order valence-electron chi connectivity index (χ1n) is 7.52. The molecule has 5 heteroatoms. The first-order chi connectivity index (χ1) is 9.83. The van der Waals surface area contributed by atoms with Gasteiger partial charge in [-0.2, -0.15) is 0 Å². The van der Waals surface area contributed by atoms with Gasteiger partial charge in [0.25, 0.3) is 0 Å².